The molecule has 1 aromatic rings. The predicted octanol–water partition coefficient (Wildman–Crippen LogP) is 1.97. The molecule has 0 saturated carbocycles. The molecule has 1 unspecified atom stereocenters. The number of amides is 1. The monoisotopic (exact) mass is 316 g/mol. The van der Waals surface area contributed by atoms with Gasteiger partial charge in [-0.15, -0.1) is 0 Å². The van der Waals surface area contributed by atoms with E-state index in [4.69, 9.17) is 5.73 Å². The third-order valence-corrected chi connectivity index (χ3v) is 4.46. The normalized spacial score (nSPS) is 18.8. The number of rotatable bonds is 4. The number of piperidine rings is 1. The van der Waals surface area contributed by atoms with Crippen molar-refractivity contribution in [3.05, 3.63) is 34.9 Å². The SMILES string of the molecule is CN=C(NCc1ccc(C)cc1C)N1CCCC(CC(N)=O)C1. The van der Waals surface area contributed by atoms with E-state index in [0.717, 1.165) is 38.4 Å². The Morgan fingerprint density at radius 1 is 1.43 bits per heavy atom. The summed E-state index contributed by atoms with van der Waals surface area (Å²) >= 11 is 0. The van der Waals surface area contributed by atoms with E-state index in [2.05, 4.69) is 47.3 Å². The van der Waals surface area contributed by atoms with Crippen molar-refractivity contribution in [3.63, 3.8) is 0 Å². The first-order valence-electron chi connectivity index (χ1n) is 8.29. The maximum Gasteiger partial charge on any atom is 0.217 e. The Balaban J connectivity index is 1.95. The molecule has 0 bridgehead atoms. The van der Waals surface area contributed by atoms with Crippen molar-refractivity contribution >= 4 is 11.9 Å². The number of hydrogen-bond acceptors (Lipinski definition) is 2. The van der Waals surface area contributed by atoms with Crippen LogP contribution < -0.4 is 11.1 Å². The van der Waals surface area contributed by atoms with Crippen molar-refractivity contribution < 1.29 is 4.79 Å². The molecule has 1 fully saturated rings. The lowest BCUT2D eigenvalue weighted by Gasteiger charge is -2.34. The average molecular weight is 316 g/mol. The number of aliphatic imine (C=N–C) groups is 1. The number of guanidine groups is 1. The number of likely N-dealkylation sites (tertiary alicyclic amines) is 1. The van der Waals surface area contributed by atoms with Gasteiger partial charge in [-0.2, -0.15) is 0 Å². The standard InChI is InChI=1S/C18H28N4O/c1-13-6-7-16(14(2)9-13)11-21-18(20-3)22-8-4-5-15(12-22)10-17(19)23/h6-7,9,15H,4-5,8,10-12H2,1-3H3,(H2,19,23)(H,20,21). The minimum atomic E-state index is -0.213. The van der Waals surface area contributed by atoms with Crippen molar-refractivity contribution in [2.75, 3.05) is 20.1 Å². The van der Waals surface area contributed by atoms with E-state index in [9.17, 15) is 4.79 Å². The predicted molar refractivity (Wildman–Crippen MR) is 94.2 cm³/mol. The van der Waals surface area contributed by atoms with Gasteiger partial charge in [-0.05, 0) is 43.7 Å². The highest BCUT2D eigenvalue weighted by molar-refractivity contribution is 5.80. The maximum atomic E-state index is 11.1. The second kappa shape index (κ2) is 7.99. The van der Waals surface area contributed by atoms with E-state index in [1.54, 1.807) is 0 Å². The van der Waals surface area contributed by atoms with Gasteiger partial charge in [0.15, 0.2) is 5.96 Å². The van der Waals surface area contributed by atoms with Crippen LogP contribution >= 0.6 is 0 Å². The summed E-state index contributed by atoms with van der Waals surface area (Å²) in [7, 11) is 1.81. The molecule has 5 nitrogen and oxygen atoms in total. The van der Waals surface area contributed by atoms with Gasteiger partial charge in [-0.25, -0.2) is 0 Å². The zero-order valence-electron chi connectivity index (χ0n) is 14.4. The van der Waals surface area contributed by atoms with Gasteiger partial charge in [0.1, 0.15) is 0 Å². The third-order valence-electron chi connectivity index (χ3n) is 4.46. The first-order chi connectivity index (χ1) is 11.0. The molecule has 1 aliphatic rings. The molecular formula is C18H28N4O. The molecular weight excluding hydrogens is 288 g/mol. The smallest absolute Gasteiger partial charge is 0.217 e. The number of carbonyl (C=O) groups is 1. The minimum Gasteiger partial charge on any atom is -0.370 e. The van der Waals surface area contributed by atoms with Crippen LogP contribution in [0.15, 0.2) is 23.2 Å². The zero-order chi connectivity index (χ0) is 16.8. The fraction of sp³-hybridized carbons (Fsp3) is 0.556. The van der Waals surface area contributed by atoms with Gasteiger partial charge in [0, 0.05) is 33.1 Å². The van der Waals surface area contributed by atoms with Crippen LogP contribution in [-0.4, -0.2) is 36.9 Å². The van der Waals surface area contributed by atoms with Gasteiger partial charge < -0.3 is 16.0 Å². The molecule has 1 aliphatic heterocycles. The lowest BCUT2D eigenvalue weighted by molar-refractivity contribution is -0.119. The quantitative estimate of drug-likeness (QED) is 0.659. The van der Waals surface area contributed by atoms with Gasteiger partial charge in [-0.3, -0.25) is 9.79 Å². The number of hydrogen-bond donors (Lipinski definition) is 2. The van der Waals surface area contributed by atoms with Crippen LogP contribution in [-0.2, 0) is 11.3 Å². The van der Waals surface area contributed by atoms with Crippen LogP contribution in [0.2, 0.25) is 0 Å². The van der Waals surface area contributed by atoms with Crippen LogP contribution in [0.5, 0.6) is 0 Å². The lowest BCUT2D eigenvalue weighted by atomic mass is 9.95. The van der Waals surface area contributed by atoms with Crippen molar-refractivity contribution in [1.29, 1.82) is 0 Å². The van der Waals surface area contributed by atoms with Gasteiger partial charge in [-0.1, -0.05) is 23.8 Å². The molecule has 0 spiro atoms. The summed E-state index contributed by atoms with van der Waals surface area (Å²) in [5.74, 6) is 1.02. The Hall–Kier alpha value is -2.04. The lowest BCUT2D eigenvalue weighted by Crippen LogP contribution is -2.47. The van der Waals surface area contributed by atoms with Crippen molar-refractivity contribution in [1.82, 2.24) is 10.2 Å². The van der Waals surface area contributed by atoms with Gasteiger partial charge in [0.2, 0.25) is 5.91 Å². The molecule has 1 heterocycles. The number of primary amides is 1. The molecule has 1 saturated heterocycles. The van der Waals surface area contributed by atoms with Gasteiger partial charge in [0.25, 0.3) is 0 Å². The molecule has 2 rings (SSSR count). The highest BCUT2D eigenvalue weighted by atomic mass is 16.1. The fourth-order valence-electron chi connectivity index (χ4n) is 3.26. The summed E-state index contributed by atoms with van der Waals surface area (Å²) in [6.07, 6.45) is 2.60. The molecule has 1 aromatic carbocycles. The molecule has 3 N–H and O–H groups in total. The van der Waals surface area contributed by atoms with Gasteiger partial charge >= 0.3 is 0 Å². The summed E-state index contributed by atoms with van der Waals surface area (Å²) in [6.45, 7) is 6.82. The van der Waals surface area contributed by atoms with E-state index in [0.29, 0.717) is 12.3 Å². The van der Waals surface area contributed by atoms with Crippen LogP contribution in [0, 0.1) is 19.8 Å². The Morgan fingerprint density at radius 3 is 2.87 bits per heavy atom. The second-order valence-corrected chi connectivity index (χ2v) is 6.46. The Morgan fingerprint density at radius 2 is 2.22 bits per heavy atom. The molecule has 0 radical (unpaired) electrons. The number of nitrogens with zero attached hydrogens (tertiary/aromatic N) is 2. The summed E-state index contributed by atoms with van der Waals surface area (Å²) in [5, 5.41) is 3.45. The second-order valence-electron chi connectivity index (χ2n) is 6.46. The zero-order valence-corrected chi connectivity index (χ0v) is 14.4. The van der Waals surface area contributed by atoms with E-state index in [1.165, 1.54) is 16.7 Å². The number of carbonyl (C=O) groups excluding carboxylic acids is 1. The summed E-state index contributed by atoms with van der Waals surface area (Å²) in [6, 6.07) is 6.50. The molecule has 23 heavy (non-hydrogen) atoms. The molecule has 1 amide bonds. The average Bonchev–Trinajstić information content (AvgIpc) is 2.49. The number of aryl methyl sites for hydroxylation is 2. The van der Waals surface area contributed by atoms with Gasteiger partial charge in [0.05, 0.1) is 0 Å². The van der Waals surface area contributed by atoms with Crippen LogP contribution in [0.25, 0.3) is 0 Å². The Kier molecular flexibility index (Phi) is 6.02. The topological polar surface area (TPSA) is 70.7 Å². The summed E-state index contributed by atoms with van der Waals surface area (Å²) < 4.78 is 0. The third kappa shape index (κ3) is 4.98. The highest BCUT2D eigenvalue weighted by Gasteiger charge is 2.23. The highest BCUT2D eigenvalue weighted by Crippen LogP contribution is 2.19. The Labute approximate surface area is 139 Å². The number of benzene rings is 1. The minimum absolute atomic E-state index is 0.213. The van der Waals surface area contributed by atoms with Crippen LogP contribution in [0.1, 0.15) is 36.0 Å². The van der Waals surface area contributed by atoms with E-state index >= 15 is 0 Å². The maximum absolute atomic E-state index is 11.1. The molecule has 0 aromatic heterocycles. The fourth-order valence-corrected chi connectivity index (χ4v) is 3.26. The first kappa shape index (κ1) is 17.3. The van der Waals surface area contributed by atoms with E-state index < -0.39 is 0 Å². The Bertz CT molecular complexity index is 582. The van der Waals surface area contributed by atoms with E-state index in [-0.39, 0.29) is 5.91 Å². The molecule has 0 aliphatic carbocycles. The summed E-state index contributed by atoms with van der Waals surface area (Å²) in [4.78, 5) is 17.8. The van der Waals surface area contributed by atoms with Crippen molar-refractivity contribution in [2.45, 2.75) is 39.7 Å². The largest absolute Gasteiger partial charge is 0.370 e. The van der Waals surface area contributed by atoms with Crippen LogP contribution in [0.4, 0.5) is 0 Å². The van der Waals surface area contributed by atoms with E-state index in [1.807, 2.05) is 7.05 Å². The number of nitrogens with two attached hydrogens (primary N) is 1. The van der Waals surface area contributed by atoms with Crippen LogP contribution in [0.3, 0.4) is 0 Å². The molecule has 1 atom stereocenters. The first-order valence-corrected chi connectivity index (χ1v) is 8.29. The molecule has 5 heteroatoms. The molecule has 126 valence electrons. The summed E-state index contributed by atoms with van der Waals surface area (Å²) in [5.41, 5.74) is 9.19. The number of nitrogens with one attached hydrogen (secondary N) is 1. The van der Waals surface area contributed by atoms with Crippen molar-refractivity contribution in [2.24, 2.45) is 16.6 Å². The van der Waals surface area contributed by atoms with Crippen molar-refractivity contribution in [3.8, 4) is 0 Å².